The molecule has 0 radical (unpaired) electrons. The number of fused-ring (bicyclic) bond motifs is 1. The predicted octanol–water partition coefficient (Wildman–Crippen LogP) is 3.16. The second-order valence-electron chi connectivity index (χ2n) is 12.2. The van der Waals surface area contributed by atoms with Crippen molar-refractivity contribution in [1.82, 2.24) is 15.2 Å². The number of likely N-dealkylation sites (tertiary alicyclic amines) is 1. The number of ketones is 1. The molecule has 0 saturated carbocycles. The van der Waals surface area contributed by atoms with E-state index >= 15 is 0 Å². The van der Waals surface area contributed by atoms with Crippen LogP contribution in [0.25, 0.3) is 0 Å². The maximum atomic E-state index is 13.5. The first-order valence-corrected chi connectivity index (χ1v) is 18.4. The van der Waals surface area contributed by atoms with Crippen LogP contribution in [0.3, 0.4) is 0 Å². The first kappa shape index (κ1) is 38.4. The Balaban J connectivity index is 1.30. The number of halogens is 3. The molecule has 5 rings (SSSR count). The average Bonchev–Trinajstić information content (AvgIpc) is 3.68. The second-order valence-corrected chi connectivity index (χ2v) is 15.7. The van der Waals surface area contributed by atoms with Gasteiger partial charge in [0.2, 0.25) is 12.0 Å². The van der Waals surface area contributed by atoms with E-state index in [0.717, 1.165) is 30.2 Å². The molecule has 2 unspecified atom stereocenters. The van der Waals surface area contributed by atoms with Crippen LogP contribution in [-0.4, -0.2) is 120 Å². The van der Waals surface area contributed by atoms with Crippen molar-refractivity contribution in [2.75, 3.05) is 44.2 Å². The van der Waals surface area contributed by atoms with Gasteiger partial charge in [-0.15, -0.1) is 11.8 Å². The van der Waals surface area contributed by atoms with E-state index in [1.165, 1.54) is 23.6 Å². The van der Waals surface area contributed by atoms with Gasteiger partial charge >= 0.3 is 11.9 Å². The number of hydrogen-bond donors (Lipinski definition) is 6. The van der Waals surface area contributed by atoms with Crippen LogP contribution in [0.5, 0.6) is 11.5 Å². The third-order valence-electron chi connectivity index (χ3n) is 8.83. The van der Waals surface area contributed by atoms with E-state index in [2.05, 4.69) is 15.5 Å². The Morgan fingerprint density at radius 2 is 1.86 bits per heavy atom. The summed E-state index contributed by atoms with van der Waals surface area (Å²) in [6, 6.07) is 1.14. The Labute approximate surface area is 313 Å². The average molecular weight is 807 g/mol. The number of β-lactam (4-membered cyclic amide) rings is 1. The van der Waals surface area contributed by atoms with Crippen LogP contribution in [0.15, 0.2) is 22.5 Å². The Morgan fingerprint density at radius 3 is 2.47 bits per heavy atom. The number of carboxylic acids is 2. The number of benzene rings is 1. The number of phenols is 2. The molecular weight excluding hydrogens is 775 g/mol. The Bertz CT molecular complexity index is 1870. The molecule has 2 aromatic rings. The number of anilines is 1. The van der Waals surface area contributed by atoms with Crippen molar-refractivity contribution in [3.05, 3.63) is 43.0 Å². The van der Waals surface area contributed by atoms with Gasteiger partial charge in [0.15, 0.2) is 28.1 Å². The number of quaternary nitrogens is 1. The lowest BCUT2D eigenvalue weighted by Crippen LogP contribution is -2.63. The molecule has 7 N–H and O–H groups in total. The summed E-state index contributed by atoms with van der Waals surface area (Å²) in [5, 5.41) is 44.4. The number of rotatable bonds is 14. The van der Waals surface area contributed by atoms with Gasteiger partial charge in [-0.05, 0) is 13.0 Å². The number of aliphatic carboxylic acids is 2. The van der Waals surface area contributed by atoms with Crippen molar-refractivity contribution in [2.24, 2.45) is 11.1 Å². The van der Waals surface area contributed by atoms with E-state index in [1.807, 2.05) is 0 Å². The highest BCUT2D eigenvalue weighted by Gasteiger charge is 2.55. The molecular formula is C30H32Cl3N6O10S2+. The van der Waals surface area contributed by atoms with Crippen molar-refractivity contribution in [3.63, 3.8) is 0 Å². The van der Waals surface area contributed by atoms with Crippen LogP contribution in [0.4, 0.5) is 5.13 Å². The molecule has 3 aliphatic rings. The maximum Gasteiger partial charge on any atom is 0.352 e. The fourth-order valence-electron chi connectivity index (χ4n) is 6.24. The summed E-state index contributed by atoms with van der Waals surface area (Å²) in [6.07, 6.45) is -0.0801. The summed E-state index contributed by atoms with van der Waals surface area (Å²) in [6.45, 7) is 3.50. The zero-order valence-corrected chi connectivity index (χ0v) is 30.6. The van der Waals surface area contributed by atoms with E-state index in [1.54, 1.807) is 0 Å². The van der Waals surface area contributed by atoms with Crippen LogP contribution < -0.4 is 11.1 Å². The van der Waals surface area contributed by atoms with E-state index < -0.39 is 70.6 Å². The minimum Gasteiger partial charge on any atom is -0.503 e. The Kier molecular flexibility index (Phi) is 11.6. The molecule has 2 saturated heterocycles. The van der Waals surface area contributed by atoms with E-state index in [9.17, 15) is 44.4 Å². The number of aromatic hydroxyl groups is 2. The van der Waals surface area contributed by atoms with Crippen molar-refractivity contribution in [3.8, 4) is 11.5 Å². The number of thioether (sulfide) groups is 1. The number of nitrogens with two attached hydrogens (primary N) is 1. The summed E-state index contributed by atoms with van der Waals surface area (Å²) < 4.78 is 0.454. The molecule has 274 valence electrons. The molecule has 2 fully saturated rings. The second kappa shape index (κ2) is 15.4. The van der Waals surface area contributed by atoms with Crippen LogP contribution in [0.2, 0.25) is 14.4 Å². The number of oxime groups is 1. The normalized spacial score (nSPS) is 20.4. The van der Waals surface area contributed by atoms with Crippen LogP contribution in [0, 0.1) is 5.92 Å². The molecule has 2 amide bonds. The molecule has 0 spiro atoms. The predicted molar refractivity (Wildman–Crippen MR) is 188 cm³/mol. The van der Waals surface area contributed by atoms with Crippen LogP contribution in [-0.2, 0) is 24.0 Å². The van der Waals surface area contributed by atoms with Gasteiger partial charge in [0, 0.05) is 30.6 Å². The lowest BCUT2D eigenvalue weighted by molar-refractivity contribution is -0.911. The number of hydrogen-bond acceptors (Lipinski definition) is 13. The molecule has 1 aromatic carbocycles. The first-order valence-electron chi connectivity index (χ1n) is 15.4. The zero-order valence-electron chi connectivity index (χ0n) is 26.7. The highest BCUT2D eigenvalue weighted by molar-refractivity contribution is 8.00. The van der Waals surface area contributed by atoms with Gasteiger partial charge in [-0.25, -0.2) is 14.6 Å². The van der Waals surface area contributed by atoms with Crippen LogP contribution >= 0.6 is 57.9 Å². The number of carbonyl (C=O) groups is 5. The molecule has 0 bridgehead atoms. The third kappa shape index (κ3) is 7.85. The van der Waals surface area contributed by atoms with Gasteiger partial charge < -0.3 is 40.8 Å². The lowest BCUT2D eigenvalue weighted by Gasteiger charge is -2.50. The molecule has 3 atom stereocenters. The summed E-state index contributed by atoms with van der Waals surface area (Å²) in [7, 11) is 0. The fraction of sp³-hybridized carbons (Fsp3) is 0.433. The number of Topliss-reactive ketones (excluding diaryl/α,β-unsaturated/α-hetero) is 1. The van der Waals surface area contributed by atoms with Crippen molar-refractivity contribution in [2.45, 2.75) is 37.7 Å². The standard InChI is InChI=1S/C30H31Cl3N6O10S2/c1-12(28(45)46)49-37-19(20-24(33)51-30(34)36-20)17(40)9-15-26(44)38-21(29(47)48)13(11-50-27(15)38)10-39(5-2-3-6-39)7-4-35-25(43)14-8-16(31)22(41)23(42)18(14)32/h8,12,15,27H,2-7,9-11H2,1H3,(H6-,34,35,36,37,40,41,42,43,45,46,47,48)/p+1/t12-,15?,27?/m0/s1. The summed E-state index contributed by atoms with van der Waals surface area (Å²) in [4.78, 5) is 74.0. The molecule has 51 heavy (non-hydrogen) atoms. The van der Waals surface area contributed by atoms with Crippen molar-refractivity contribution >= 4 is 98.3 Å². The first-order chi connectivity index (χ1) is 24.0. The van der Waals surface area contributed by atoms with Gasteiger partial charge in [-0.2, -0.15) is 0 Å². The number of phenolic OH excluding ortho intramolecular Hbond substituents is 2. The van der Waals surface area contributed by atoms with E-state index in [4.69, 9.17) is 45.4 Å². The highest BCUT2D eigenvalue weighted by atomic mass is 35.5. The van der Waals surface area contributed by atoms with Gasteiger partial charge in [0.05, 0.1) is 53.1 Å². The lowest BCUT2D eigenvalue weighted by atomic mass is 9.89. The number of amides is 2. The minimum atomic E-state index is -1.41. The van der Waals surface area contributed by atoms with Crippen LogP contribution in [0.1, 0.15) is 42.2 Å². The molecule has 21 heteroatoms. The summed E-state index contributed by atoms with van der Waals surface area (Å²) >= 11 is 20.3. The number of nitrogens with one attached hydrogen (secondary N) is 1. The maximum absolute atomic E-state index is 13.5. The summed E-state index contributed by atoms with van der Waals surface area (Å²) in [5.41, 5.74) is 5.45. The van der Waals surface area contributed by atoms with E-state index in [-0.39, 0.29) is 48.8 Å². The zero-order chi connectivity index (χ0) is 37.4. The van der Waals surface area contributed by atoms with Gasteiger partial charge in [-0.3, -0.25) is 19.3 Å². The number of thiazole rings is 1. The molecule has 3 aliphatic heterocycles. The van der Waals surface area contributed by atoms with Gasteiger partial charge in [0.1, 0.15) is 22.3 Å². The van der Waals surface area contributed by atoms with Crippen molar-refractivity contribution in [1.29, 1.82) is 0 Å². The third-order valence-corrected chi connectivity index (χ3v) is 12.0. The highest BCUT2D eigenvalue weighted by Crippen LogP contribution is 2.46. The number of aromatic nitrogens is 1. The molecule has 4 heterocycles. The fourth-order valence-corrected chi connectivity index (χ4v) is 9.00. The van der Waals surface area contributed by atoms with E-state index in [0.29, 0.717) is 36.2 Å². The van der Waals surface area contributed by atoms with Gasteiger partial charge in [0.25, 0.3) is 5.91 Å². The van der Waals surface area contributed by atoms with Gasteiger partial charge in [-0.1, -0.05) is 51.3 Å². The largest absolute Gasteiger partial charge is 0.503 e. The quantitative estimate of drug-likeness (QED) is 0.0529. The number of carbonyl (C=O) groups excluding carboxylic acids is 3. The topological polar surface area (TPSA) is 242 Å². The minimum absolute atomic E-state index is 0.00639. The SMILES string of the molecule is C[C@H](O/N=C(\C(=O)CC1C(=O)N2C(C(=O)O)=C(C[N+]3(CCNC(=O)c4cc(Cl)c(O)c(O)c4Cl)CCCC3)CSC12)c1nc(N)sc1Cl)C(=O)O. The van der Waals surface area contributed by atoms with Crippen molar-refractivity contribution < 1.29 is 53.7 Å². The molecule has 1 aromatic heterocycles. The Morgan fingerprint density at radius 1 is 1.18 bits per heavy atom. The Hall–Kier alpha value is -3.81. The summed E-state index contributed by atoms with van der Waals surface area (Å²) in [5.74, 6) is -6.56. The monoisotopic (exact) mass is 805 g/mol. The number of nitrogens with zero attached hydrogens (tertiary/aromatic N) is 4. The number of carboxylic acid groups (broad SMARTS) is 2. The molecule has 16 nitrogen and oxygen atoms in total. The number of nitrogen functional groups attached to an aromatic ring is 1. The smallest absolute Gasteiger partial charge is 0.352 e. The molecule has 0 aliphatic carbocycles.